The van der Waals surface area contributed by atoms with E-state index in [2.05, 4.69) is 27.5 Å². The van der Waals surface area contributed by atoms with Crippen molar-refractivity contribution in [3.05, 3.63) is 16.6 Å². The van der Waals surface area contributed by atoms with Crippen LogP contribution in [0, 0.1) is 0 Å². The summed E-state index contributed by atoms with van der Waals surface area (Å²) in [5.41, 5.74) is 3.22. The Hall–Kier alpha value is -0.450. The Kier molecular flexibility index (Phi) is 4.51. The number of aromatic nitrogens is 1. The highest BCUT2D eigenvalue weighted by Crippen LogP contribution is 2.35. The Bertz CT molecular complexity index is 365. The zero-order chi connectivity index (χ0) is 13.1. The van der Waals surface area contributed by atoms with E-state index >= 15 is 0 Å². The number of thiazole rings is 1. The van der Waals surface area contributed by atoms with E-state index in [0.717, 1.165) is 24.5 Å². The molecule has 106 valence electrons. The molecule has 2 bridgehead atoms. The van der Waals surface area contributed by atoms with Crippen LogP contribution in [0.5, 0.6) is 0 Å². The summed E-state index contributed by atoms with van der Waals surface area (Å²) in [6.07, 6.45) is 7.90. The standard InChI is InChI=1S/C15H25N3S/c1-2-6-16-13-8-14-3-4-15(9-13)18(14)7-5-12-10-19-11-17-12/h10-11,13-16H,2-9H2,1H3. The second-order valence-electron chi connectivity index (χ2n) is 5.98. The predicted molar refractivity (Wildman–Crippen MR) is 80.6 cm³/mol. The molecule has 0 radical (unpaired) electrons. The first-order valence-corrected chi connectivity index (χ1v) is 8.67. The number of piperidine rings is 1. The maximum absolute atomic E-state index is 4.41. The lowest BCUT2D eigenvalue weighted by Crippen LogP contribution is -2.49. The van der Waals surface area contributed by atoms with Gasteiger partial charge < -0.3 is 5.32 Å². The van der Waals surface area contributed by atoms with Crippen LogP contribution in [0.4, 0.5) is 0 Å². The fraction of sp³-hybridized carbons (Fsp3) is 0.800. The Morgan fingerprint density at radius 1 is 1.37 bits per heavy atom. The molecule has 3 nitrogen and oxygen atoms in total. The third kappa shape index (κ3) is 3.18. The molecule has 2 fully saturated rings. The Morgan fingerprint density at radius 2 is 2.16 bits per heavy atom. The van der Waals surface area contributed by atoms with Gasteiger partial charge in [0.25, 0.3) is 0 Å². The smallest absolute Gasteiger partial charge is 0.0794 e. The van der Waals surface area contributed by atoms with Gasteiger partial charge in [-0.2, -0.15) is 0 Å². The summed E-state index contributed by atoms with van der Waals surface area (Å²) in [5, 5.41) is 5.92. The van der Waals surface area contributed by atoms with Crippen LogP contribution >= 0.6 is 11.3 Å². The molecule has 3 heterocycles. The van der Waals surface area contributed by atoms with Crippen LogP contribution in [0.1, 0.15) is 44.7 Å². The Balaban J connectivity index is 1.51. The normalized spacial score (nSPS) is 30.9. The topological polar surface area (TPSA) is 28.2 Å². The molecule has 4 heteroatoms. The highest BCUT2D eigenvalue weighted by Gasteiger charge is 2.39. The molecule has 1 aromatic rings. The number of hydrogen-bond acceptors (Lipinski definition) is 4. The summed E-state index contributed by atoms with van der Waals surface area (Å²) in [6, 6.07) is 2.42. The van der Waals surface area contributed by atoms with Crippen molar-refractivity contribution in [2.45, 2.75) is 63.6 Å². The highest BCUT2D eigenvalue weighted by molar-refractivity contribution is 7.07. The van der Waals surface area contributed by atoms with Gasteiger partial charge in [0.05, 0.1) is 11.2 Å². The minimum Gasteiger partial charge on any atom is -0.314 e. The number of hydrogen-bond donors (Lipinski definition) is 1. The third-order valence-electron chi connectivity index (χ3n) is 4.68. The van der Waals surface area contributed by atoms with Gasteiger partial charge in [0, 0.05) is 36.5 Å². The molecule has 0 amide bonds. The minimum atomic E-state index is 0.771. The van der Waals surface area contributed by atoms with Gasteiger partial charge in [-0.3, -0.25) is 4.90 Å². The summed E-state index contributed by atoms with van der Waals surface area (Å²) < 4.78 is 0. The van der Waals surface area contributed by atoms with Gasteiger partial charge in [0.2, 0.25) is 0 Å². The van der Waals surface area contributed by atoms with Gasteiger partial charge in [-0.05, 0) is 38.6 Å². The predicted octanol–water partition coefficient (Wildman–Crippen LogP) is 2.68. The van der Waals surface area contributed by atoms with E-state index in [-0.39, 0.29) is 0 Å². The maximum Gasteiger partial charge on any atom is 0.0794 e. The average molecular weight is 279 g/mol. The molecule has 0 saturated carbocycles. The molecule has 1 aromatic heterocycles. The monoisotopic (exact) mass is 279 g/mol. The summed E-state index contributed by atoms with van der Waals surface area (Å²) >= 11 is 1.71. The third-order valence-corrected chi connectivity index (χ3v) is 5.31. The van der Waals surface area contributed by atoms with Crippen LogP contribution in [0.15, 0.2) is 10.9 Å². The van der Waals surface area contributed by atoms with Gasteiger partial charge in [0.1, 0.15) is 0 Å². The van der Waals surface area contributed by atoms with Crippen LogP contribution in [0.3, 0.4) is 0 Å². The van der Waals surface area contributed by atoms with E-state index in [1.807, 2.05) is 5.51 Å². The molecule has 2 atom stereocenters. The number of fused-ring (bicyclic) bond motifs is 2. The molecule has 19 heavy (non-hydrogen) atoms. The molecule has 2 aliphatic heterocycles. The van der Waals surface area contributed by atoms with Crippen LogP contribution in [-0.4, -0.2) is 41.1 Å². The number of nitrogens with one attached hydrogen (secondary N) is 1. The fourth-order valence-electron chi connectivity index (χ4n) is 3.76. The summed E-state index contributed by atoms with van der Waals surface area (Å²) in [7, 11) is 0. The van der Waals surface area contributed by atoms with Crippen molar-refractivity contribution in [1.29, 1.82) is 0 Å². The summed E-state index contributed by atoms with van der Waals surface area (Å²) in [6.45, 7) is 4.65. The largest absolute Gasteiger partial charge is 0.314 e. The first kappa shape index (κ1) is 13.5. The minimum absolute atomic E-state index is 0.771. The van der Waals surface area contributed by atoms with Crippen molar-refractivity contribution >= 4 is 11.3 Å². The highest BCUT2D eigenvalue weighted by atomic mass is 32.1. The first-order chi connectivity index (χ1) is 9.36. The number of rotatable bonds is 6. The van der Waals surface area contributed by atoms with Gasteiger partial charge in [-0.1, -0.05) is 6.92 Å². The zero-order valence-corrected chi connectivity index (χ0v) is 12.7. The molecule has 2 aliphatic rings. The molecular weight excluding hydrogens is 254 g/mol. The molecule has 0 spiro atoms. The van der Waals surface area contributed by atoms with E-state index in [9.17, 15) is 0 Å². The van der Waals surface area contributed by atoms with Crippen LogP contribution in [0.2, 0.25) is 0 Å². The van der Waals surface area contributed by atoms with E-state index in [1.165, 1.54) is 50.9 Å². The second kappa shape index (κ2) is 6.33. The van der Waals surface area contributed by atoms with Crippen LogP contribution in [0.25, 0.3) is 0 Å². The first-order valence-electron chi connectivity index (χ1n) is 7.73. The van der Waals surface area contributed by atoms with Crippen molar-refractivity contribution < 1.29 is 0 Å². The van der Waals surface area contributed by atoms with Crippen molar-refractivity contribution in [3.8, 4) is 0 Å². The van der Waals surface area contributed by atoms with Crippen molar-refractivity contribution in [2.75, 3.05) is 13.1 Å². The number of nitrogens with zero attached hydrogens (tertiary/aromatic N) is 2. The summed E-state index contributed by atoms with van der Waals surface area (Å²) in [5.74, 6) is 0. The molecule has 3 rings (SSSR count). The Labute approximate surface area is 120 Å². The van der Waals surface area contributed by atoms with Gasteiger partial charge >= 0.3 is 0 Å². The van der Waals surface area contributed by atoms with Gasteiger partial charge in [-0.15, -0.1) is 11.3 Å². The molecule has 1 N–H and O–H groups in total. The van der Waals surface area contributed by atoms with Crippen LogP contribution in [-0.2, 0) is 6.42 Å². The van der Waals surface area contributed by atoms with E-state index in [0.29, 0.717) is 0 Å². The van der Waals surface area contributed by atoms with E-state index < -0.39 is 0 Å². The zero-order valence-electron chi connectivity index (χ0n) is 11.8. The van der Waals surface area contributed by atoms with Crippen LogP contribution < -0.4 is 5.32 Å². The lowest BCUT2D eigenvalue weighted by molar-refractivity contribution is 0.118. The quantitative estimate of drug-likeness (QED) is 0.868. The van der Waals surface area contributed by atoms with Gasteiger partial charge in [-0.25, -0.2) is 4.98 Å². The molecule has 2 saturated heterocycles. The Morgan fingerprint density at radius 3 is 2.79 bits per heavy atom. The molecule has 0 aliphatic carbocycles. The van der Waals surface area contributed by atoms with Crippen molar-refractivity contribution in [2.24, 2.45) is 0 Å². The van der Waals surface area contributed by atoms with Crippen molar-refractivity contribution in [3.63, 3.8) is 0 Å². The fourth-order valence-corrected chi connectivity index (χ4v) is 4.35. The van der Waals surface area contributed by atoms with E-state index in [1.54, 1.807) is 11.3 Å². The second-order valence-corrected chi connectivity index (χ2v) is 6.69. The average Bonchev–Trinajstić information content (AvgIpc) is 3.01. The lowest BCUT2D eigenvalue weighted by Gasteiger charge is -2.39. The molecule has 2 unspecified atom stereocenters. The lowest BCUT2D eigenvalue weighted by atomic mass is 9.97. The molecule has 0 aromatic carbocycles. The maximum atomic E-state index is 4.41. The SMILES string of the molecule is CCCNC1CC2CCC(C1)N2CCc1cscn1. The van der Waals surface area contributed by atoms with Gasteiger partial charge in [0.15, 0.2) is 0 Å². The van der Waals surface area contributed by atoms with Crippen molar-refractivity contribution in [1.82, 2.24) is 15.2 Å². The summed E-state index contributed by atoms with van der Waals surface area (Å²) in [4.78, 5) is 7.17. The van der Waals surface area contributed by atoms with E-state index in [4.69, 9.17) is 0 Å². The molecular formula is C15H25N3S.